The molecule has 8 nitrogen and oxygen atoms in total. The van der Waals surface area contributed by atoms with Crippen LogP contribution in [-0.4, -0.2) is 44.6 Å². The van der Waals surface area contributed by atoms with Gasteiger partial charge in [0, 0.05) is 30.0 Å². The number of aromatic nitrogens is 4. The predicted octanol–water partition coefficient (Wildman–Crippen LogP) is 3.77. The Labute approximate surface area is 201 Å². The third kappa shape index (κ3) is 4.36. The molecular weight excluding hydrogens is 450 g/mol. The molecule has 1 saturated heterocycles. The molecule has 1 atom stereocenters. The summed E-state index contributed by atoms with van der Waals surface area (Å²) in [6.45, 7) is 3.58. The Kier molecular flexibility index (Phi) is 5.97. The van der Waals surface area contributed by atoms with E-state index < -0.39 is 0 Å². The average Bonchev–Trinajstić information content (AvgIpc) is 3.23. The minimum Gasteiger partial charge on any atom is -0.347 e. The van der Waals surface area contributed by atoms with Gasteiger partial charge < -0.3 is 10.6 Å². The molecule has 4 aromatic rings. The van der Waals surface area contributed by atoms with Crippen LogP contribution in [-0.2, 0) is 0 Å². The number of carbonyl (C=O) groups is 1. The molecule has 170 valence electrons. The van der Waals surface area contributed by atoms with Crippen LogP contribution in [0.4, 0.5) is 0 Å². The number of hydrogen-bond acceptors (Lipinski definition) is 6. The standard InChI is InChI=1S/C25H22ClN7O/c1-15-10-18(12-21(26)29-15)22-23(17-5-2-4-16(11-17)13-27)32-33-9-7-20(31-24(22)33)25(34)30-19-6-3-8-28-14-19/h2,4-5,7,9-12,19,28H,3,6,8,14H2,1H3,(H,30,34)/t19-/m1/s1. The minimum absolute atomic E-state index is 0.0783. The number of piperidine rings is 1. The van der Waals surface area contributed by atoms with E-state index in [1.807, 2.05) is 25.1 Å². The van der Waals surface area contributed by atoms with E-state index in [1.165, 1.54) is 0 Å². The van der Waals surface area contributed by atoms with Crippen LogP contribution in [0.5, 0.6) is 0 Å². The first kappa shape index (κ1) is 22.0. The molecular formula is C25H22ClN7O. The summed E-state index contributed by atoms with van der Waals surface area (Å²) in [5.74, 6) is -0.222. The first-order valence-corrected chi connectivity index (χ1v) is 11.5. The van der Waals surface area contributed by atoms with Crippen LogP contribution in [0, 0.1) is 18.3 Å². The van der Waals surface area contributed by atoms with Crippen molar-refractivity contribution >= 4 is 23.2 Å². The van der Waals surface area contributed by atoms with Gasteiger partial charge >= 0.3 is 0 Å². The number of nitriles is 1. The number of aryl methyl sites for hydroxylation is 1. The quantitative estimate of drug-likeness (QED) is 0.438. The number of pyridine rings is 1. The maximum absolute atomic E-state index is 13.0. The number of amides is 1. The molecule has 9 heteroatoms. The van der Waals surface area contributed by atoms with E-state index in [0.29, 0.717) is 27.8 Å². The zero-order valence-corrected chi connectivity index (χ0v) is 19.3. The molecule has 0 radical (unpaired) electrons. The molecule has 0 aliphatic carbocycles. The van der Waals surface area contributed by atoms with Gasteiger partial charge in [-0.3, -0.25) is 4.79 Å². The molecule has 1 aliphatic rings. The number of nitrogens with zero attached hydrogens (tertiary/aromatic N) is 5. The maximum Gasteiger partial charge on any atom is 0.270 e. The van der Waals surface area contributed by atoms with Crippen LogP contribution in [0.15, 0.2) is 48.7 Å². The first-order chi connectivity index (χ1) is 16.5. The van der Waals surface area contributed by atoms with Gasteiger partial charge in [0.25, 0.3) is 5.91 Å². The van der Waals surface area contributed by atoms with Crippen molar-refractivity contribution < 1.29 is 4.79 Å². The van der Waals surface area contributed by atoms with Crippen molar-refractivity contribution in [3.8, 4) is 28.5 Å². The number of hydrogen-bond donors (Lipinski definition) is 2. The Bertz CT molecular complexity index is 1410. The van der Waals surface area contributed by atoms with Crippen molar-refractivity contribution in [3.63, 3.8) is 0 Å². The van der Waals surface area contributed by atoms with E-state index in [2.05, 4.69) is 21.7 Å². The van der Waals surface area contributed by atoms with Crippen molar-refractivity contribution in [2.75, 3.05) is 13.1 Å². The molecule has 34 heavy (non-hydrogen) atoms. The lowest BCUT2D eigenvalue weighted by molar-refractivity contribution is 0.0925. The van der Waals surface area contributed by atoms with Crippen LogP contribution in [0.2, 0.25) is 5.15 Å². The highest BCUT2D eigenvalue weighted by molar-refractivity contribution is 6.29. The van der Waals surface area contributed by atoms with E-state index in [1.54, 1.807) is 35.0 Å². The van der Waals surface area contributed by atoms with Gasteiger partial charge in [-0.1, -0.05) is 23.7 Å². The van der Waals surface area contributed by atoms with Crippen molar-refractivity contribution in [2.45, 2.75) is 25.8 Å². The lowest BCUT2D eigenvalue weighted by Crippen LogP contribution is -2.45. The van der Waals surface area contributed by atoms with Gasteiger partial charge in [-0.05, 0) is 62.2 Å². The Morgan fingerprint density at radius 3 is 2.88 bits per heavy atom. The summed E-state index contributed by atoms with van der Waals surface area (Å²) in [5.41, 5.74) is 5.02. The molecule has 0 unspecified atom stereocenters. The third-order valence-corrected chi connectivity index (χ3v) is 6.02. The van der Waals surface area contributed by atoms with Gasteiger partial charge in [-0.15, -0.1) is 0 Å². The van der Waals surface area contributed by atoms with E-state index in [0.717, 1.165) is 48.3 Å². The van der Waals surface area contributed by atoms with Crippen molar-refractivity contribution in [1.82, 2.24) is 30.2 Å². The fraction of sp³-hybridized carbons (Fsp3) is 0.240. The second-order valence-electron chi connectivity index (χ2n) is 8.33. The van der Waals surface area contributed by atoms with Gasteiger partial charge in [0.1, 0.15) is 16.5 Å². The van der Waals surface area contributed by atoms with Crippen LogP contribution in [0.25, 0.3) is 28.0 Å². The normalized spacial score (nSPS) is 15.7. The molecule has 2 N–H and O–H groups in total. The van der Waals surface area contributed by atoms with Crippen LogP contribution in [0.1, 0.15) is 34.6 Å². The molecule has 5 rings (SSSR count). The Balaban J connectivity index is 1.66. The van der Waals surface area contributed by atoms with E-state index in [9.17, 15) is 10.1 Å². The highest BCUT2D eigenvalue weighted by Gasteiger charge is 2.22. The zero-order chi connectivity index (χ0) is 23.7. The summed E-state index contributed by atoms with van der Waals surface area (Å²) in [6, 6.07) is 14.8. The lowest BCUT2D eigenvalue weighted by Gasteiger charge is -2.23. The summed E-state index contributed by atoms with van der Waals surface area (Å²) < 4.78 is 1.65. The Hall–Kier alpha value is -3.80. The molecule has 1 aliphatic heterocycles. The molecule has 1 aromatic carbocycles. The van der Waals surface area contributed by atoms with E-state index >= 15 is 0 Å². The lowest BCUT2D eigenvalue weighted by atomic mass is 10.00. The van der Waals surface area contributed by atoms with Gasteiger partial charge in [-0.25, -0.2) is 14.5 Å². The Morgan fingerprint density at radius 2 is 2.12 bits per heavy atom. The predicted molar refractivity (Wildman–Crippen MR) is 129 cm³/mol. The maximum atomic E-state index is 13.0. The monoisotopic (exact) mass is 471 g/mol. The molecule has 3 aromatic heterocycles. The number of halogens is 1. The van der Waals surface area contributed by atoms with E-state index in [-0.39, 0.29) is 11.9 Å². The van der Waals surface area contributed by atoms with Crippen molar-refractivity contribution in [3.05, 3.63) is 70.8 Å². The van der Waals surface area contributed by atoms with Crippen molar-refractivity contribution in [1.29, 1.82) is 5.26 Å². The van der Waals surface area contributed by atoms with Gasteiger partial charge in [-0.2, -0.15) is 10.4 Å². The van der Waals surface area contributed by atoms with Crippen LogP contribution < -0.4 is 10.6 Å². The molecule has 1 fully saturated rings. The summed E-state index contributed by atoms with van der Waals surface area (Å²) >= 11 is 6.28. The summed E-state index contributed by atoms with van der Waals surface area (Å²) in [6.07, 6.45) is 3.69. The topological polar surface area (TPSA) is 108 Å². The number of carbonyl (C=O) groups excluding carboxylic acids is 1. The third-order valence-electron chi connectivity index (χ3n) is 5.83. The average molecular weight is 472 g/mol. The molecule has 4 heterocycles. The molecule has 0 saturated carbocycles. The highest BCUT2D eigenvalue weighted by atomic mass is 35.5. The summed E-state index contributed by atoms with van der Waals surface area (Å²) in [4.78, 5) is 21.9. The van der Waals surface area contributed by atoms with Gasteiger partial charge in [0.2, 0.25) is 0 Å². The fourth-order valence-electron chi connectivity index (χ4n) is 4.27. The fourth-order valence-corrected chi connectivity index (χ4v) is 4.52. The second-order valence-corrected chi connectivity index (χ2v) is 8.72. The minimum atomic E-state index is -0.222. The molecule has 0 spiro atoms. The van der Waals surface area contributed by atoms with Gasteiger partial charge in [0.05, 0.1) is 17.2 Å². The smallest absolute Gasteiger partial charge is 0.270 e. The largest absolute Gasteiger partial charge is 0.347 e. The first-order valence-electron chi connectivity index (χ1n) is 11.1. The number of fused-ring (bicyclic) bond motifs is 1. The summed E-state index contributed by atoms with van der Waals surface area (Å²) in [5, 5.41) is 20.9. The van der Waals surface area contributed by atoms with Gasteiger partial charge in [0.15, 0.2) is 5.65 Å². The summed E-state index contributed by atoms with van der Waals surface area (Å²) in [7, 11) is 0. The van der Waals surface area contributed by atoms with E-state index in [4.69, 9.17) is 21.7 Å². The highest BCUT2D eigenvalue weighted by Crippen LogP contribution is 2.36. The number of rotatable bonds is 4. The SMILES string of the molecule is Cc1cc(-c2c(-c3cccc(C#N)c3)nn3ccc(C(=O)N[C@@H]4CCCNC4)nc23)cc(Cl)n1. The zero-order valence-electron chi connectivity index (χ0n) is 18.5. The van der Waals surface area contributed by atoms with Crippen LogP contribution >= 0.6 is 11.6 Å². The number of nitrogens with one attached hydrogen (secondary N) is 2. The second kappa shape index (κ2) is 9.21. The molecule has 1 amide bonds. The number of benzene rings is 1. The Morgan fingerprint density at radius 1 is 1.24 bits per heavy atom. The molecule has 0 bridgehead atoms. The van der Waals surface area contributed by atoms with Crippen molar-refractivity contribution in [2.24, 2.45) is 0 Å². The van der Waals surface area contributed by atoms with Crippen LogP contribution in [0.3, 0.4) is 0 Å².